The molecule has 3 aromatic rings. The summed E-state index contributed by atoms with van der Waals surface area (Å²) in [6, 6.07) is 5.53. The van der Waals surface area contributed by atoms with Crippen molar-refractivity contribution in [3.63, 3.8) is 0 Å². The van der Waals surface area contributed by atoms with Gasteiger partial charge in [0.25, 0.3) is 5.91 Å². The van der Waals surface area contributed by atoms with E-state index in [4.69, 9.17) is 0 Å². The van der Waals surface area contributed by atoms with E-state index in [2.05, 4.69) is 30.7 Å². The van der Waals surface area contributed by atoms with Crippen LogP contribution in [0.2, 0.25) is 0 Å². The highest BCUT2D eigenvalue weighted by atomic mass is 16.2. The average Bonchev–Trinajstić information content (AvgIpc) is 3.01. The minimum atomic E-state index is -0.309. The van der Waals surface area contributed by atoms with Crippen LogP contribution in [-0.2, 0) is 0 Å². The molecule has 100 valence electrons. The van der Waals surface area contributed by atoms with Gasteiger partial charge in [0.1, 0.15) is 5.82 Å². The summed E-state index contributed by atoms with van der Waals surface area (Å²) < 4.78 is 0. The molecule has 0 saturated heterocycles. The summed E-state index contributed by atoms with van der Waals surface area (Å²) in [5.74, 6) is 1.13. The van der Waals surface area contributed by atoms with E-state index in [0.29, 0.717) is 11.6 Å². The Morgan fingerprint density at radius 2 is 2.20 bits per heavy atom. The predicted octanol–water partition coefficient (Wildman–Crippen LogP) is 1.81. The molecule has 1 fully saturated rings. The number of nitrogens with zero attached hydrogens (tertiary/aromatic N) is 3. The van der Waals surface area contributed by atoms with Crippen molar-refractivity contribution in [1.82, 2.24) is 25.4 Å². The average molecular weight is 268 g/mol. The van der Waals surface area contributed by atoms with Gasteiger partial charge >= 0.3 is 0 Å². The number of carbonyl (C=O) groups excluding carboxylic acids is 1. The van der Waals surface area contributed by atoms with Crippen molar-refractivity contribution in [2.45, 2.75) is 18.8 Å². The predicted molar refractivity (Wildman–Crippen MR) is 72.4 cm³/mol. The largest absolute Gasteiger partial charge is 0.319 e. The first-order valence-corrected chi connectivity index (χ1v) is 6.46. The third-order valence-corrected chi connectivity index (χ3v) is 3.37. The van der Waals surface area contributed by atoms with E-state index in [-0.39, 0.29) is 11.7 Å². The first-order chi connectivity index (χ1) is 9.79. The van der Waals surface area contributed by atoms with Crippen molar-refractivity contribution in [1.29, 1.82) is 0 Å². The third-order valence-electron chi connectivity index (χ3n) is 3.37. The zero-order valence-electron chi connectivity index (χ0n) is 10.6. The van der Waals surface area contributed by atoms with E-state index < -0.39 is 0 Å². The van der Waals surface area contributed by atoms with Crippen LogP contribution in [0.15, 0.2) is 24.4 Å². The molecular formula is C13H12N6O. The molecule has 2 heterocycles. The number of anilines is 1. The van der Waals surface area contributed by atoms with Crippen molar-refractivity contribution in [2.75, 3.05) is 5.32 Å². The molecule has 1 aliphatic carbocycles. The molecule has 1 saturated carbocycles. The van der Waals surface area contributed by atoms with Gasteiger partial charge in [-0.3, -0.25) is 15.0 Å². The van der Waals surface area contributed by atoms with Crippen molar-refractivity contribution in [2.24, 2.45) is 0 Å². The SMILES string of the molecule is O=C(Nc1ccc2[nH]ncc2c1)c1n[nH]c(C2CC2)n1. The molecule has 1 amide bonds. The Labute approximate surface area is 113 Å². The van der Waals surface area contributed by atoms with Gasteiger partial charge in [0, 0.05) is 17.0 Å². The lowest BCUT2D eigenvalue weighted by molar-refractivity contribution is 0.101. The number of H-pyrrole nitrogens is 2. The van der Waals surface area contributed by atoms with Gasteiger partial charge in [-0.25, -0.2) is 4.98 Å². The number of carbonyl (C=O) groups is 1. The van der Waals surface area contributed by atoms with Gasteiger partial charge in [-0.1, -0.05) is 0 Å². The van der Waals surface area contributed by atoms with E-state index in [1.165, 1.54) is 0 Å². The third kappa shape index (κ3) is 1.93. The molecular weight excluding hydrogens is 256 g/mol. The fourth-order valence-corrected chi connectivity index (χ4v) is 2.12. The minimum absolute atomic E-state index is 0.180. The molecule has 3 N–H and O–H groups in total. The quantitative estimate of drug-likeness (QED) is 0.674. The monoisotopic (exact) mass is 268 g/mol. The number of fused-ring (bicyclic) bond motifs is 1. The number of hydrogen-bond donors (Lipinski definition) is 3. The maximum atomic E-state index is 12.1. The topological polar surface area (TPSA) is 99.4 Å². The molecule has 0 bridgehead atoms. The minimum Gasteiger partial charge on any atom is -0.319 e. The molecule has 4 rings (SSSR count). The summed E-state index contributed by atoms with van der Waals surface area (Å²) in [7, 11) is 0. The van der Waals surface area contributed by atoms with Crippen LogP contribution >= 0.6 is 0 Å². The molecule has 0 spiro atoms. The molecule has 0 unspecified atom stereocenters. The Bertz CT molecular complexity index is 785. The first kappa shape index (κ1) is 11.2. The van der Waals surface area contributed by atoms with Crippen molar-refractivity contribution < 1.29 is 4.79 Å². The van der Waals surface area contributed by atoms with Gasteiger partial charge in [0.15, 0.2) is 0 Å². The van der Waals surface area contributed by atoms with Crippen LogP contribution in [0.1, 0.15) is 35.2 Å². The zero-order valence-corrected chi connectivity index (χ0v) is 10.6. The number of aromatic nitrogens is 5. The van der Waals surface area contributed by atoms with Crippen LogP contribution in [0, 0.1) is 0 Å². The van der Waals surface area contributed by atoms with Crippen LogP contribution in [0.5, 0.6) is 0 Å². The van der Waals surface area contributed by atoms with E-state index in [0.717, 1.165) is 29.6 Å². The standard InChI is InChI=1S/C13H12N6O/c20-13(12-16-11(18-19-12)7-1-2-7)15-9-3-4-10-8(5-9)6-14-17-10/h3-7H,1-2H2,(H,14,17)(H,15,20)(H,16,18,19). The second-order valence-electron chi connectivity index (χ2n) is 4.94. The molecule has 0 atom stereocenters. The summed E-state index contributed by atoms with van der Waals surface area (Å²) in [4.78, 5) is 16.3. The van der Waals surface area contributed by atoms with E-state index in [1.54, 1.807) is 6.20 Å². The van der Waals surface area contributed by atoms with Crippen LogP contribution in [0.3, 0.4) is 0 Å². The van der Waals surface area contributed by atoms with E-state index >= 15 is 0 Å². The van der Waals surface area contributed by atoms with Gasteiger partial charge < -0.3 is 5.32 Å². The van der Waals surface area contributed by atoms with Crippen LogP contribution in [0.25, 0.3) is 10.9 Å². The molecule has 2 aromatic heterocycles. The van der Waals surface area contributed by atoms with Crippen molar-refractivity contribution in [3.05, 3.63) is 36.0 Å². The highest BCUT2D eigenvalue weighted by molar-refractivity contribution is 6.02. The molecule has 7 nitrogen and oxygen atoms in total. The van der Waals surface area contributed by atoms with Crippen molar-refractivity contribution in [3.8, 4) is 0 Å². The summed E-state index contributed by atoms with van der Waals surface area (Å²) >= 11 is 0. The molecule has 7 heteroatoms. The molecule has 1 aromatic carbocycles. The Kier molecular flexibility index (Phi) is 2.32. The van der Waals surface area contributed by atoms with Gasteiger partial charge in [0.05, 0.1) is 11.7 Å². The smallest absolute Gasteiger partial charge is 0.295 e. The number of hydrogen-bond acceptors (Lipinski definition) is 4. The normalized spacial score (nSPS) is 14.6. The number of rotatable bonds is 3. The van der Waals surface area contributed by atoms with Gasteiger partial charge in [-0.05, 0) is 31.0 Å². The number of benzene rings is 1. The Morgan fingerprint density at radius 1 is 1.30 bits per heavy atom. The fourth-order valence-electron chi connectivity index (χ4n) is 2.12. The molecule has 20 heavy (non-hydrogen) atoms. The Morgan fingerprint density at radius 3 is 3.05 bits per heavy atom. The van der Waals surface area contributed by atoms with Gasteiger partial charge in [-0.2, -0.15) is 5.10 Å². The highest BCUT2D eigenvalue weighted by Gasteiger charge is 2.28. The highest BCUT2D eigenvalue weighted by Crippen LogP contribution is 2.37. The van der Waals surface area contributed by atoms with Gasteiger partial charge in [-0.15, -0.1) is 5.10 Å². The zero-order chi connectivity index (χ0) is 13.5. The lowest BCUT2D eigenvalue weighted by Crippen LogP contribution is -2.13. The van der Waals surface area contributed by atoms with Gasteiger partial charge in [0.2, 0.25) is 5.82 Å². The number of amides is 1. The molecule has 0 radical (unpaired) electrons. The van der Waals surface area contributed by atoms with E-state index in [9.17, 15) is 4.79 Å². The van der Waals surface area contributed by atoms with Crippen LogP contribution in [0.4, 0.5) is 5.69 Å². The summed E-state index contributed by atoms with van der Waals surface area (Å²) in [6.45, 7) is 0. The summed E-state index contributed by atoms with van der Waals surface area (Å²) in [6.07, 6.45) is 3.95. The second kappa shape index (κ2) is 4.16. The summed E-state index contributed by atoms with van der Waals surface area (Å²) in [5.41, 5.74) is 1.62. The van der Waals surface area contributed by atoms with Crippen molar-refractivity contribution >= 4 is 22.5 Å². The second-order valence-corrected chi connectivity index (χ2v) is 4.94. The molecule has 1 aliphatic rings. The number of aromatic amines is 2. The number of nitrogens with one attached hydrogen (secondary N) is 3. The lowest BCUT2D eigenvalue weighted by Gasteiger charge is -2.02. The lowest BCUT2D eigenvalue weighted by atomic mass is 10.2. The maximum absolute atomic E-state index is 12.1. The van der Waals surface area contributed by atoms with Crippen LogP contribution < -0.4 is 5.32 Å². The fraction of sp³-hybridized carbons (Fsp3) is 0.231. The Hall–Kier alpha value is -2.70. The molecule has 0 aliphatic heterocycles. The van der Waals surface area contributed by atoms with E-state index in [1.807, 2.05) is 18.2 Å². The maximum Gasteiger partial charge on any atom is 0.295 e. The Balaban J connectivity index is 1.55. The first-order valence-electron chi connectivity index (χ1n) is 6.46. The van der Waals surface area contributed by atoms with Crippen LogP contribution in [-0.4, -0.2) is 31.3 Å². The summed E-state index contributed by atoms with van der Waals surface area (Å²) in [5, 5.41) is 17.3.